The quantitative estimate of drug-likeness (QED) is 0.741. The molecule has 3 heteroatoms. The Kier molecular flexibility index (Phi) is 7.66. The highest BCUT2D eigenvalue weighted by atomic mass is 32.1. The predicted octanol–water partition coefficient (Wildman–Crippen LogP) is 3.78. The van der Waals surface area contributed by atoms with Crippen LogP contribution >= 0.6 is 11.3 Å². The van der Waals surface area contributed by atoms with E-state index in [9.17, 15) is 0 Å². The highest BCUT2D eigenvalue weighted by molar-refractivity contribution is 7.09. The van der Waals surface area contributed by atoms with E-state index < -0.39 is 0 Å². The first-order valence-corrected chi connectivity index (χ1v) is 8.40. The standard InChI is InChI=1S/C16H30N2S/c1-6-8-13(2)17-12-15(4)18(5)14(3)11-16-9-7-10-19-16/h7,9-10,13-15,17H,6,8,11-12H2,1-5H3. The molecule has 0 saturated heterocycles. The van der Waals surface area contributed by atoms with Crippen LogP contribution in [0.25, 0.3) is 0 Å². The van der Waals surface area contributed by atoms with Crippen LogP contribution in [-0.2, 0) is 6.42 Å². The Balaban J connectivity index is 2.32. The molecule has 0 spiro atoms. The zero-order valence-corrected chi connectivity index (χ0v) is 14.0. The Bertz CT molecular complexity index is 323. The molecule has 110 valence electrons. The smallest absolute Gasteiger partial charge is 0.0192 e. The average Bonchev–Trinajstić information content (AvgIpc) is 2.88. The van der Waals surface area contributed by atoms with Crippen LogP contribution in [0, 0.1) is 0 Å². The molecule has 1 aromatic heterocycles. The molecule has 1 aromatic rings. The second-order valence-electron chi connectivity index (χ2n) is 5.74. The summed E-state index contributed by atoms with van der Waals surface area (Å²) in [6.07, 6.45) is 3.68. The zero-order valence-electron chi connectivity index (χ0n) is 13.1. The van der Waals surface area contributed by atoms with Gasteiger partial charge in [-0.05, 0) is 52.1 Å². The van der Waals surface area contributed by atoms with Crippen molar-refractivity contribution in [2.45, 2.75) is 65.1 Å². The fraction of sp³-hybridized carbons (Fsp3) is 0.750. The van der Waals surface area contributed by atoms with E-state index >= 15 is 0 Å². The van der Waals surface area contributed by atoms with Gasteiger partial charge >= 0.3 is 0 Å². The van der Waals surface area contributed by atoms with Crippen LogP contribution in [-0.4, -0.2) is 36.6 Å². The molecule has 0 aliphatic heterocycles. The maximum atomic E-state index is 3.64. The molecule has 1 heterocycles. The van der Waals surface area contributed by atoms with Crippen LogP contribution in [0.5, 0.6) is 0 Å². The molecule has 1 N–H and O–H groups in total. The van der Waals surface area contributed by atoms with Crippen molar-refractivity contribution < 1.29 is 0 Å². The van der Waals surface area contributed by atoms with Crippen LogP contribution in [0.15, 0.2) is 17.5 Å². The lowest BCUT2D eigenvalue weighted by molar-refractivity contribution is 0.188. The molecule has 0 amide bonds. The molecule has 0 aliphatic rings. The molecule has 2 nitrogen and oxygen atoms in total. The van der Waals surface area contributed by atoms with Gasteiger partial charge in [0.2, 0.25) is 0 Å². The number of thiophene rings is 1. The number of likely N-dealkylation sites (N-methyl/N-ethyl adjacent to an activating group) is 1. The molecule has 1 rings (SSSR count). The minimum Gasteiger partial charge on any atom is -0.313 e. The van der Waals surface area contributed by atoms with Crippen molar-refractivity contribution in [1.82, 2.24) is 10.2 Å². The minimum absolute atomic E-state index is 0.578. The molecule has 0 aromatic carbocycles. The third-order valence-electron chi connectivity index (χ3n) is 3.95. The van der Waals surface area contributed by atoms with Gasteiger partial charge in [-0.1, -0.05) is 19.4 Å². The van der Waals surface area contributed by atoms with Gasteiger partial charge in [0.15, 0.2) is 0 Å². The van der Waals surface area contributed by atoms with Gasteiger partial charge in [-0.3, -0.25) is 4.90 Å². The molecular weight excluding hydrogens is 252 g/mol. The fourth-order valence-electron chi connectivity index (χ4n) is 2.35. The minimum atomic E-state index is 0.578. The summed E-state index contributed by atoms with van der Waals surface area (Å²) in [6.45, 7) is 10.2. The molecule has 0 radical (unpaired) electrons. The van der Waals surface area contributed by atoms with Crippen LogP contribution in [0.1, 0.15) is 45.4 Å². The van der Waals surface area contributed by atoms with E-state index in [-0.39, 0.29) is 0 Å². The maximum absolute atomic E-state index is 3.64. The van der Waals surface area contributed by atoms with E-state index in [4.69, 9.17) is 0 Å². The fourth-order valence-corrected chi connectivity index (χ4v) is 3.18. The number of hydrogen-bond acceptors (Lipinski definition) is 3. The Hall–Kier alpha value is -0.380. The maximum Gasteiger partial charge on any atom is 0.0192 e. The van der Waals surface area contributed by atoms with Gasteiger partial charge in [0.25, 0.3) is 0 Å². The van der Waals surface area contributed by atoms with Crippen molar-refractivity contribution in [1.29, 1.82) is 0 Å². The van der Waals surface area contributed by atoms with E-state index in [0.717, 1.165) is 13.0 Å². The summed E-state index contributed by atoms with van der Waals surface area (Å²) in [5.74, 6) is 0. The normalized spacial score (nSPS) is 16.5. The summed E-state index contributed by atoms with van der Waals surface area (Å²) < 4.78 is 0. The van der Waals surface area contributed by atoms with Crippen molar-refractivity contribution in [3.05, 3.63) is 22.4 Å². The molecule has 19 heavy (non-hydrogen) atoms. The van der Waals surface area contributed by atoms with Gasteiger partial charge in [-0.15, -0.1) is 11.3 Å². The van der Waals surface area contributed by atoms with E-state index in [0.29, 0.717) is 18.1 Å². The van der Waals surface area contributed by atoms with Gasteiger partial charge in [-0.2, -0.15) is 0 Å². The average molecular weight is 282 g/mol. The second-order valence-corrected chi connectivity index (χ2v) is 6.78. The molecule has 3 atom stereocenters. The monoisotopic (exact) mass is 282 g/mol. The molecule has 0 saturated carbocycles. The Morgan fingerprint density at radius 1 is 1.26 bits per heavy atom. The summed E-state index contributed by atoms with van der Waals surface area (Å²) >= 11 is 1.86. The summed E-state index contributed by atoms with van der Waals surface area (Å²) in [5, 5.41) is 5.81. The highest BCUT2D eigenvalue weighted by Gasteiger charge is 2.16. The van der Waals surface area contributed by atoms with E-state index in [1.54, 1.807) is 0 Å². The summed E-state index contributed by atoms with van der Waals surface area (Å²) in [5.41, 5.74) is 0. The lowest BCUT2D eigenvalue weighted by Crippen LogP contribution is -2.45. The van der Waals surface area contributed by atoms with Gasteiger partial charge in [0, 0.05) is 29.5 Å². The van der Waals surface area contributed by atoms with Crippen LogP contribution in [0.2, 0.25) is 0 Å². The van der Waals surface area contributed by atoms with Crippen LogP contribution in [0.3, 0.4) is 0 Å². The molecule has 0 aliphatic carbocycles. The first kappa shape index (κ1) is 16.7. The van der Waals surface area contributed by atoms with Crippen LogP contribution in [0.4, 0.5) is 0 Å². The van der Waals surface area contributed by atoms with Gasteiger partial charge in [0.05, 0.1) is 0 Å². The Morgan fingerprint density at radius 2 is 2.00 bits per heavy atom. The Morgan fingerprint density at radius 3 is 2.58 bits per heavy atom. The summed E-state index contributed by atoms with van der Waals surface area (Å²) in [6, 6.07) is 6.19. The SMILES string of the molecule is CCCC(C)NCC(C)N(C)C(C)Cc1cccs1. The lowest BCUT2D eigenvalue weighted by atomic mass is 10.1. The first-order valence-electron chi connectivity index (χ1n) is 7.52. The predicted molar refractivity (Wildman–Crippen MR) is 87.1 cm³/mol. The number of nitrogens with zero attached hydrogens (tertiary/aromatic N) is 1. The van der Waals surface area contributed by atoms with Crippen molar-refractivity contribution in [3.63, 3.8) is 0 Å². The third kappa shape index (κ3) is 6.07. The molecular formula is C16H30N2S. The van der Waals surface area contributed by atoms with E-state index in [1.807, 2.05) is 11.3 Å². The van der Waals surface area contributed by atoms with Crippen molar-refractivity contribution >= 4 is 11.3 Å². The molecule has 0 bridgehead atoms. The van der Waals surface area contributed by atoms with Crippen LogP contribution < -0.4 is 5.32 Å². The van der Waals surface area contributed by atoms with Gasteiger partial charge < -0.3 is 5.32 Å². The number of hydrogen-bond donors (Lipinski definition) is 1. The molecule has 0 fully saturated rings. The topological polar surface area (TPSA) is 15.3 Å². The van der Waals surface area contributed by atoms with E-state index in [2.05, 4.69) is 62.5 Å². The number of rotatable bonds is 9. The lowest BCUT2D eigenvalue weighted by Gasteiger charge is -2.31. The number of nitrogens with one attached hydrogen (secondary N) is 1. The summed E-state index contributed by atoms with van der Waals surface area (Å²) in [7, 11) is 2.25. The van der Waals surface area contributed by atoms with Gasteiger partial charge in [-0.25, -0.2) is 0 Å². The van der Waals surface area contributed by atoms with Gasteiger partial charge in [0.1, 0.15) is 0 Å². The molecule has 3 unspecified atom stereocenters. The largest absolute Gasteiger partial charge is 0.313 e. The zero-order chi connectivity index (χ0) is 14.3. The highest BCUT2D eigenvalue weighted by Crippen LogP contribution is 2.14. The van der Waals surface area contributed by atoms with Crippen molar-refractivity contribution in [2.24, 2.45) is 0 Å². The van der Waals surface area contributed by atoms with Crippen molar-refractivity contribution in [2.75, 3.05) is 13.6 Å². The Labute approximate surface area is 123 Å². The van der Waals surface area contributed by atoms with E-state index in [1.165, 1.54) is 17.7 Å². The second kappa shape index (κ2) is 8.72. The first-order chi connectivity index (χ1) is 9.04. The van der Waals surface area contributed by atoms with Crippen molar-refractivity contribution in [3.8, 4) is 0 Å². The summed E-state index contributed by atoms with van der Waals surface area (Å²) in [4.78, 5) is 3.98. The third-order valence-corrected chi connectivity index (χ3v) is 4.85.